The van der Waals surface area contributed by atoms with Crippen molar-refractivity contribution >= 4 is 22.1 Å². The highest BCUT2D eigenvalue weighted by molar-refractivity contribution is 5.91. The Morgan fingerprint density at radius 3 is 1.30 bits per heavy atom. The van der Waals surface area contributed by atoms with Gasteiger partial charge >= 0.3 is 0 Å². The molecule has 6 rings (SSSR count). The number of hydrogen-bond acceptors (Lipinski definition) is 9. The summed E-state index contributed by atoms with van der Waals surface area (Å²) in [6.07, 6.45) is 0. The van der Waals surface area contributed by atoms with Gasteiger partial charge in [-0.1, -0.05) is 0 Å². The van der Waals surface area contributed by atoms with E-state index in [1.807, 2.05) is 0 Å². The van der Waals surface area contributed by atoms with Crippen LogP contribution in [-0.4, -0.2) is 19.9 Å². The number of rotatable bonds is 3. The Balaban J connectivity index is 1.68. The predicted molar refractivity (Wildman–Crippen MR) is 140 cm³/mol. The number of nitrogens with zero attached hydrogens (tertiary/aromatic N) is 8. The number of fused-ring (bicyclic) bond motifs is 2. The van der Waals surface area contributed by atoms with Crippen molar-refractivity contribution in [2.45, 2.75) is 0 Å². The van der Waals surface area contributed by atoms with Gasteiger partial charge in [0.1, 0.15) is 40.9 Å². The molecule has 0 N–H and O–H groups in total. The smallest absolute Gasteiger partial charge is 0.227 e. The third kappa shape index (κ3) is 4.50. The van der Waals surface area contributed by atoms with E-state index in [0.717, 1.165) is 12.1 Å². The maximum absolute atomic E-state index is 15.1. The van der Waals surface area contributed by atoms with E-state index in [4.69, 9.17) is 14.9 Å². The Morgan fingerprint density at radius 1 is 0.468 bits per heavy atom. The van der Waals surface area contributed by atoms with Crippen molar-refractivity contribution in [1.29, 1.82) is 21.0 Å². The number of halogens is 8. The third-order valence-electron chi connectivity index (χ3n) is 6.72. The van der Waals surface area contributed by atoms with Crippen molar-refractivity contribution in [3.05, 3.63) is 93.3 Å². The van der Waals surface area contributed by atoms with Crippen LogP contribution in [0.2, 0.25) is 0 Å². The molecule has 3 heterocycles. The van der Waals surface area contributed by atoms with Gasteiger partial charge in [-0.25, -0.2) is 55.1 Å². The minimum atomic E-state index is -2.16. The molecule has 17 heteroatoms. The maximum Gasteiger partial charge on any atom is 0.227 e. The van der Waals surface area contributed by atoms with Gasteiger partial charge in [0.2, 0.25) is 5.89 Å². The molecule has 0 aliphatic carbocycles. The van der Waals surface area contributed by atoms with Gasteiger partial charge in [-0.2, -0.15) is 21.0 Å². The third-order valence-corrected chi connectivity index (χ3v) is 6.72. The molecule has 0 amide bonds. The fourth-order valence-electron chi connectivity index (χ4n) is 4.58. The molecule has 0 aliphatic heterocycles. The second kappa shape index (κ2) is 10.9. The van der Waals surface area contributed by atoms with Crippen LogP contribution in [0.3, 0.4) is 0 Å². The number of nitriles is 4. The lowest BCUT2D eigenvalue weighted by Crippen LogP contribution is -2.07. The first-order valence-electron chi connectivity index (χ1n) is 12.4. The first kappa shape index (κ1) is 30.1. The lowest BCUT2D eigenvalue weighted by Gasteiger charge is -2.13. The summed E-state index contributed by atoms with van der Waals surface area (Å²) < 4.78 is 124. The first-order chi connectivity index (χ1) is 22.4. The van der Waals surface area contributed by atoms with Gasteiger partial charge in [-0.15, -0.1) is 0 Å². The van der Waals surface area contributed by atoms with Crippen LogP contribution in [0.4, 0.5) is 35.1 Å². The molecule has 0 atom stereocenters. The molecule has 0 aliphatic rings. The Bertz CT molecular complexity index is 2350. The van der Waals surface area contributed by atoms with Crippen LogP contribution in [0.25, 0.3) is 56.1 Å². The number of hydrogen-bond donors (Lipinski definition) is 0. The highest BCUT2D eigenvalue weighted by atomic mass is 19.2. The van der Waals surface area contributed by atoms with Crippen LogP contribution in [0.5, 0.6) is 0 Å². The topological polar surface area (TPSA) is 160 Å². The summed E-state index contributed by atoms with van der Waals surface area (Å²) >= 11 is 0. The summed E-state index contributed by atoms with van der Waals surface area (Å²) in [5.74, 6) is -17.7. The molecule has 0 bridgehead atoms. The van der Waals surface area contributed by atoms with E-state index in [-0.39, 0.29) is 33.5 Å². The SMILES string of the molecule is N#Cc1nc2cc3nc(-c4cc(-c5c(F)c(F)c(C#N)c(F)c5F)nc(-c5c(F)c(F)c(C#N)c(F)c5F)c4)oc3cc2nc1C#N. The standard InChI is InChI=1S/C30H4F8N8O/c31-22-10(5-39)23(32)27(36)20(26(22)35)15-1-9(2-16(45-15)21-28(37)24(33)11(6-40)25(34)29(21)38)30-46-14-3-12-13(4-19(14)47-30)44-18(8-42)17(7-41)43-12/h1-4H. The second-order valence-electron chi connectivity index (χ2n) is 9.33. The first-order valence-corrected chi connectivity index (χ1v) is 12.4. The fourth-order valence-corrected chi connectivity index (χ4v) is 4.58. The van der Waals surface area contributed by atoms with E-state index < -0.39 is 91.6 Å². The van der Waals surface area contributed by atoms with Gasteiger partial charge in [-0.3, -0.25) is 0 Å². The van der Waals surface area contributed by atoms with Gasteiger partial charge in [0, 0.05) is 11.6 Å². The normalized spacial score (nSPS) is 10.9. The van der Waals surface area contributed by atoms with E-state index in [1.54, 1.807) is 12.1 Å². The molecule has 0 saturated carbocycles. The Morgan fingerprint density at radius 2 is 0.894 bits per heavy atom. The van der Waals surface area contributed by atoms with E-state index >= 15 is 17.6 Å². The van der Waals surface area contributed by atoms with Crippen molar-refractivity contribution in [3.8, 4) is 58.2 Å². The Labute approximate surface area is 254 Å². The summed E-state index contributed by atoms with van der Waals surface area (Å²) in [6, 6.07) is 9.18. The minimum Gasteiger partial charge on any atom is -0.436 e. The number of benzene rings is 3. The zero-order valence-electron chi connectivity index (χ0n) is 22.3. The average Bonchev–Trinajstić information content (AvgIpc) is 3.48. The largest absolute Gasteiger partial charge is 0.436 e. The van der Waals surface area contributed by atoms with Crippen LogP contribution in [0, 0.1) is 91.9 Å². The lowest BCUT2D eigenvalue weighted by atomic mass is 10.00. The van der Waals surface area contributed by atoms with E-state index in [9.17, 15) is 28.1 Å². The zero-order chi connectivity index (χ0) is 33.9. The lowest BCUT2D eigenvalue weighted by molar-refractivity contribution is 0.453. The van der Waals surface area contributed by atoms with Crippen molar-refractivity contribution < 1.29 is 39.5 Å². The molecule has 0 radical (unpaired) electrons. The molecule has 226 valence electrons. The van der Waals surface area contributed by atoms with Crippen LogP contribution in [0.15, 0.2) is 28.7 Å². The highest BCUT2D eigenvalue weighted by Crippen LogP contribution is 2.38. The van der Waals surface area contributed by atoms with Gasteiger partial charge in [0.25, 0.3) is 0 Å². The van der Waals surface area contributed by atoms with E-state index in [0.29, 0.717) is 12.1 Å². The van der Waals surface area contributed by atoms with Crippen molar-refractivity contribution in [1.82, 2.24) is 19.9 Å². The summed E-state index contributed by atoms with van der Waals surface area (Å²) in [5.41, 5.74) is -9.76. The minimum absolute atomic E-state index is 0.0176. The van der Waals surface area contributed by atoms with Gasteiger partial charge < -0.3 is 4.42 Å². The molecule has 3 aromatic heterocycles. The molecule has 3 aromatic carbocycles. The molecular weight excluding hydrogens is 640 g/mol. The quantitative estimate of drug-likeness (QED) is 0.150. The molecule has 0 unspecified atom stereocenters. The maximum atomic E-state index is 15.1. The molecule has 6 aromatic rings. The van der Waals surface area contributed by atoms with Gasteiger partial charge in [0.15, 0.2) is 63.5 Å². The molecule has 47 heavy (non-hydrogen) atoms. The summed E-state index contributed by atoms with van der Waals surface area (Å²) in [7, 11) is 0. The summed E-state index contributed by atoms with van der Waals surface area (Å²) in [4.78, 5) is 15.8. The molecule has 0 fully saturated rings. The number of oxazole rings is 1. The summed E-state index contributed by atoms with van der Waals surface area (Å²) in [6.45, 7) is 0. The zero-order valence-corrected chi connectivity index (χ0v) is 22.3. The monoisotopic (exact) mass is 644 g/mol. The number of aromatic nitrogens is 4. The molecule has 9 nitrogen and oxygen atoms in total. The van der Waals surface area contributed by atoms with Crippen molar-refractivity contribution in [2.75, 3.05) is 0 Å². The Hall–Kier alpha value is -6.98. The van der Waals surface area contributed by atoms with E-state index in [1.165, 1.54) is 12.1 Å². The van der Waals surface area contributed by atoms with Crippen LogP contribution in [0.1, 0.15) is 22.5 Å². The van der Waals surface area contributed by atoms with Crippen LogP contribution >= 0.6 is 0 Å². The Kier molecular flexibility index (Phi) is 6.96. The van der Waals surface area contributed by atoms with E-state index in [2.05, 4.69) is 19.9 Å². The predicted octanol–water partition coefficient (Wildman–Crippen LogP) is 6.77. The molecule has 0 saturated heterocycles. The second-order valence-corrected chi connectivity index (χ2v) is 9.33. The van der Waals surface area contributed by atoms with Gasteiger partial charge in [0.05, 0.1) is 33.5 Å². The fraction of sp³-hybridized carbons (Fsp3) is 0. The van der Waals surface area contributed by atoms with Gasteiger partial charge in [-0.05, 0) is 18.2 Å². The summed E-state index contributed by atoms with van der Waals surface area (Å²) in [5, 5.41) is 36.3. The average molecular weight is 644 g/mol. The highest BCUT2D eigenvalue weighted by Gasteiger charge is 2.31. The molecular formula is C30H4F8N8O. The van der Waals surface area contributed by atoms with Crippen molar-refractivity contribution in [3.63, 3.8) is 0 Å². The van der Waals surface area contributed by atoms with Crippen LogP contribution < -0.4 is 0 Å². The number of pyridine rings is 1. The molecule has 0 spiro atoms. The van der Waals surface area contributed by atoms with Crippen molar-refractivity contribution in [2.24, 2.45) is 0 Å². The van der Waals surface area contributed by atoms with Crippen LogP contribution in [-0.2, 0) is 0 Å².